The van der Waals surface area contributed by atoms with Crippen LogP contribution in [0.3, 0.4) is 0 Å². The number of ether oxygens (including phenoxy) is 2. The zero-order valence-electron chi connectivity index (χ0n) is 26.6. The molecule has 0 saturated heterocycles. The van der Waals surface area contributed by atoms with Gasteiger partial charge in [-0.3, -0.25) is 0 Å². The van der Waals surface area contributed by atoms with E-state index in [2.05, 4.69) is 13.8 Å². The van der Waals surface area contributed by atoms with Crippen molar-refractivity contribution >= 4 is 11.9 Å². The van der Waals surface area contributed by atoms with Gasteiger partial charge in [0.15, 0.2) is 0 Å². The van der Waals surface area contributed by atoms with Crippen LogP contribution in [0, 0.1) is 0 Å². The highest BCUT2D eigenvalue weighted by atomic mass is 16.5. The molecule has 5 heteroatoms. The molecular formula is C38H54O5. The predicted molar refractivity (Wildman–Crippen MR) is 177 cm³/mol. The molecule has 0 bridgehead atoms. The van der Waals surface area contributed by atoms with Crippen molar-refractivity contribution in [2.75, 3.05) is 19.8 Å². The Hall–Kier alpha value is -3.44. The number of hydrogen-bond donors (Lipinski definition) is 1. The Balaban J connectivity index is 0.000000493. The van der Waals surface area contributed by atoms with Gasteiger partial charge in [-0.1, -0.05) is 157 Å². The molecule has 0 aromatic heterocycles. The minimum atomic E-state index is -0.444. The molecule has 0 heterocycles. The van der Waals surface area contributed by atoms with Crippen LogP contribution in [0.2, 0.25) is 0 Å². The maximum absolute atomic E-state index is 12.4. The summed E-state index contributed by atoms with van der Waals surface area (Å²) in [5.74, 6) is -0.888. The number of carbonyl (C=O) groups excluding carboxylic acids is 2. The highest BCUT2D eigenvalue weighted by Crippen LogP contribution is 2.14. The first-order valence-electron chi connectivity index (χ1n) is 16.2. The molecule has 1 N–H and O–H groups in total. The second-order valence-electron chi connectivity index (χ2n) is 10.5. The first kappa shape index (κ1) is 37.6. The summed E-state index contributed by atoms with van der Waals surface area (Å²) in [4.78, 5) is 24.7. The lowest BCUT2D eigenvalue weighted by Crippen LogP contribution is -2.15. The second kappa shape index (κ2) is 27.4. The number of benzene rings is 3. The largest absolute Gasteiger partial charge is 0.462 e. The van der Waals surface area contributed by atoms with E-state index in [0.29, 0.717) is 24.3 Å². The smallest absolute Gasteiger partial charge is 0.339 e. The molecule has 3 aromatic carbocycles. The Kier molecular flexibility index (Phi) is 23.9. The minimum Gasteiger partial charge on any atom is -0.462 e. The quantitative estimate of drug-likeness (QED) is 0.118. The molecule has 0 aliphatic rings. The van der Waals surface area contributed by atoms with E-state index in [9.17, 15) is 9.59 Å². The molecule has 236 valence electrons. The SMILES string of the molecule is CCCCCCCCOC(=O)c1ccccc1C(=O)OCCCCCCCC.OCCc1ccccc1.c1ccccc1. The van der Waals surface area contributed by atoms with Crippen molar-refractivity contribution in [1.29, 1.82) is 0 Å². The molecule has 43 heavy (non-hydrogen) atoms. The fraction of sp³-hybridized carbons (Fsp3) is 0.474. The standard InChI is InChI=1S/C24H38O4.C8H10O.C6H6/c1-3-5-7-9-11-15-19-27-23(25)21-17-13-14-18-22(21)24(26)28-20-16-12-10-8-6-4-2;9-7-6-8-4-2-1-3-5-8;1-2-4-6-5-3-1/h13-14,17-18H,3-12,15-16,19-20H2,1-2H3;1-5,9H,6-7H2;1-6H. The zero-order valence-corrected chi connectivity index (χ0v) is 26.6. The van der Waals surface area contributed by atoms with Crippen molar-refractivity contribution in [3.8, 4) is 0 Å². The Morgan fingerprint density at radius 1 is 0.512 bits per heavy atom. The lowest BCUT2D eigenvalue weighted by Gasteiger charge is -2.10. The number of unbranched alkanes of at least 4 members (excludes halogenated alkanes) is 10. The lowest BCUT2D eigenvalue weighted by atomic mass is 10.1. The van der Waals surface area contributed by atoms with Crippen LogP contribution in [0.15, 0.2) is 91.0 Å². The summed E-state index contributed by atoms with van der Waals surface area (Å²) in [6, 6.07) is 28.7. The fourth-order valence-electron chi connectivity index (χ4n) is 4.25. The van der Waals surface area contributed by atoms with Crippen molar-refractivity contribution in [3.05, 3.63) is 108 Å². The average molecular weight is 591 g/mol. The molecule has 5 nitrogen and oxygen atoms in total. The molecule has 0 fully saturated rings. The highest BCUT2D eigenvalue weighted by Gasteiger charge is 2.18. The van der Waals surface area contributed by atoms with Gasteiger partial charge in [0.2, 0.25) is 0 Å². The molecule has 0 saturated carbocycles. The van der Waals surface area contributed by atoms with Crippen molar-refractivity contribution in [2.45, 2.75) is 97.3 Å². The highest BCUT2D eigenvalue weighted by molar-refractivity contribution is 6.03. The third kappa shape index (κ3) is 20.2. The van der Waals surface area contributed by atoms with Gasteiger partial charge in [-0.05, 0) is 37.0 Å². The van der Waals surface area contributed by atoms with E-state index < -0.39 is 11.9 Å². The van der Waals surface area contributed by atoms with Crippen LogP contribution >= 0.6 is 0 Å². The Morgan fingerprint density at radius 2 is 0.860 bits per heavy atom. The Morgan fingerprint density at radius 3 is 1.26 bits per heavy atom. The Bertz CT molecular complexity index is 976. The van der Waals surface area contributed by atoms with Gasteiger partial charge in [-0.25, -0.2) is 9.59 Å². The zero-order chi connectivity index (χ0) is 31.2. The van der Waals surface area contributed by atoms with Crippen LogP contribution in [-0.2, 0) is 15.9 Å². The van der Waals surface area contributed by atoms with E-state index in [1.807, 2.05) is 66.7 Å². The predicted octanol–water partition coefficient (Wildman–Crippen LogP) is 9.63. The molecule has 0 unspecified atom stereocenters. The summed E-state index contributed by atoms with van der Waals surface area (Å²) in [5, 5.41) is 8.52. The van der Waals surface area contributed by atoms with Crippen molar-refractivity contribution in [3.63, 3.8) is 0 Å². The normalized spacial score (nSPS) is 10.0. The van der Waals surface area contributed by atoms with Crippen LogP contribution < -0.4 is 0 Å². The van der Waals surface area contributed by atoms with E-state index in [1.54, 1.807) is 24.3 Å². The molecule has 0 amide bonds. The van der Waals surface area contributed by atoms with Gasteiger partial charge in [0.05, 0.1) is 24.3 Å². The fourth-order valence-corrected chi connectivity index (χ4v) is 4.25. The number of aliphatic hydroxyl groups excluding tert-OH is 1. The summed E-state index contributed by atoms with van der Waals surface area (Å²) >= 11 is 0. The maximum atomic E-state index is 12.4. The van der Waals surface area contributed by atoms with Gasteiger partial charge in [-0.15, -0.1) is 0 Å². The summed E-state index contributed by atoms with van der Waals surface area (Å²) in [6.07, 6.45) is 14.4. The third-order valence-corrected chi connectivity index (χ3v) is 6.74. The van der Waals surface area contributed by atoms with Crippen molar-refractivity contribution in [1.82, 2.24) is 0 Å². The molecule has 0 aliphatic carbocycles. The number of hydrogen-bond acceptors (Lipinski definition) is 5. The van der Waals surface area contributed by atoms with Crippen LogP contribution in [0.4, 0.5) is 0 Å². The van der Waals surface area contributed by atoms with E-state index in [1.165, 1.54) is 56.9 Å². The van der Waals surface area contributed by atoms with E-state index in [4.69, 9.17) is 14.6 Å². The first-order chi connectivity index (χ1) is 21.1. The lowest BCUT2D eigenvalue weighted by molar-refractivity contribution is 0.0450. The molecular weight excluding hydrogens is 536 g/mol. The van der Waals surface area contributed by atoms with Gasteiger partial charge in [0, 0.05) is 6.61 Å². The van der Waals surface area contributed by atoms with Crippen LogP contribution in [0.25, 0.3) is 0 Å². The minimum absolute atomic E-state index is 0.240. The summed E-state index contributed by atoms with van der Waals surface area (Å²) in [7, 11) is 0. The third-order valence-electron chi connectivity index (χ3n) is 6.74. The summed E-state index contributed by atoms with van der Waals surface area (Å²) in [5.41, 5.74) is 1.78. The van der Waals surface area contributed by atoms with Gasteiger partial charge < -0.3 is 14.6 Å². The average Bonchev–Trinajstić information content (AvgIpc) is 3.06. The molecule has 3 rings (SSSR count). The van der Waals surface area contributed by atoms with E-state index >= 15 is 0 Å². The number of rotatable bonds is 18. The number of carbonyl (C=O) groups is 2. The van der Waals surface area contributed by atoms with Gasteiger partial charge in [0.25, 0.3) is 0 Å². The molecule has 0 atom stereocenters. The summed E-state index contributed by atoms with van der Waals surface area (Å²) < 4.78 is 10.7. The maximum Gasteiger partial charge on any atom is 0.339 e. The van der Waals surface area contributed by atoms with Crippen LogP contribution in [0.5, 0.6) is 0 Å². The van der Waals surface area contributed by atoms with Crippen LogP contribution in [-0.4, -0.2) is 36.9 Å². The van der Waals surface area contributed by atoms with E-state index in [-0.39, 0.29) is 6.61 Å². The molecule has 3 aromatic rings. The van der Waals surface area contributed by atoms with Gasteiger partial charge in [0.1, 0.15) is 0 Å². The monoisotopic (exact) mass is 590 g/mol. The van der Waals surface area contributed by atoms with Crippen molar-refractivity contribution < 1.29 is 24.2 Å². The molecule has 0 aliphatic heterocycles. The van der Waals surface area contributed by atoms with Crippen LogP contribution in [0.1, 0.15) is 117 Å². The number of esters is 2. The first-order valence-corrected chi connectivity index (χ1v) is 16.2. The Labute approximate surface area is 260 Å². The van der Waals surface area contributed by atoms with E-state index in [0.717, 1.165) is 32.1 Å². The second-order valence-corrected chi connectivity index (χ2v) is 10.5. The summed E-state index contributed by atoms with van der Waals surface area (Å²) in [6.45, 7) is 5.41. The van der Waals surface area contributed by atoms with Gasteiger partial charge >= 0.3 is 11.9 Å². The molecule has 0 radical (unpaired) electrons. The molecule has 0 spiro atoms. The van der Waals surface area contributed by atoms with Gasteiger partial charge in [-0.2, -0.15) is 0 Å². The topological polar surface area (TPSA) is 72.8 Å². The number of aliphatic hydroxyl groups is 1. The van der Waals surface area contributed by atoms with Crippen molar-refractivity contribution in [2.24, 2.45) is 0 Å².